The number of ether oxygens (including phenoxy) is 4. The van der Waals surface area contributed by atoms with E-state index in [1.165, 1.54) is 4.90 Å². The van der Waals surface area contributed by atoms with E-state index < -0.39 is 82.9 Å². The van der Waals surface area contributed by atoms with Crippen LogP contribution in [-0.2, 0) is 51.8 Å². The number of aliphatic hydroxyl groups excluding tert-OH is 1. The second kappa shape index (κ2) is 28.7. The highest BCUT2D eigenvalue weighted by Crippen LogP contribution is 2.43. The van der Waals surface area contributed by atoms with Crippen LogP contribution in [0, 0.1) is 35.5 Å². The maximum Gasteiger partial charge on any atom is 0.329 e. The summed E-state index contributed by atoms with van der Waals surface area (Å²) >= 11 is 0. The quantitative estimate of drug-likeness (QED) is 0.101. The monoisotopic (exact) mass is 1110 g/mol. The number of nitrogens with zero attached hydrogens (tertiary/aromatic N) is 1. The van der Waals surface area contributed by atoms with Crippen molar-refractivity contribution < 1.29 is 56.9 Å². The predicted molar refractivity (Wildman–Crippen MR) is 311 cm³/mol. The molecule has 438 valence electrons. The molecule has 4 rings (SSSR count). The van der Waals surface area contributed by atoms with Crippen LogP contribution in [0.15, 0.2) is 47.6 Å². The van der Waals surface area contributed by atoms with Crippen molar-refractivity contribution in [3.63, 3.8) is 0 Å². The van der Waals surface area contributed by atoms with Crippen LogP contribution in [0.1, 0.15) is 167 Å². The van der Waals surface area contributed by atoms with E-state index in [1.807, 2.05) is 71.9 Å². The SMILES string of the molecule is CO[C@@H]1C[C@H](C[C@@H](C)[C@@H]2CC(=O)[C@H](C)/C=C(\C)C(O[Si](C)(C)C(C)(C)C)[C@@H](OC)C(=O)[C@H](C)C[C@H](C)/C=C/C=C/C=C(\C)[C@@H](O)C[C@@H]3CC[C@@H](C)C(O3)C(=O)C(=O)N3CCCC[C@H]3C(=O)O2)CCC1O[Si](C)(C)C(C)(C)C. The molecule has 0 aromatic heterocycles. The molecule has 77 heavy (non-hydrogen) atoms. The second-order valence-corrected chi connectivity index (χ2v) is 36.5. The zero-order valence-electron chi connectivity index (χ0n) is 51.2. The number of allylic oxidation sites excluding steroid dienone is 6. The fraction of sp³-hybridized carbons (Fsp3) is 0.790. The molecule has 15 atom stereocenters. The molecule has 0 radical (unpaired) electrons. The van der Waals surface area contributed by atoms with Gasteiger partial charge in [0, 0.05) is 45.4 Å². The van der Waals surface area contributed by atoms with Gasteiger partial charge >= 0.3 is 5.97 Å². The number of carbonyl (C=O) groups excluding carboxylic acids is 5. The Labute approximate surface area is 467 Å². The summed E-state index contributed by atoms with van der Waals surface area (Å²) in [6.07, 6.45) is 13.3. The second-order valence-electron chi connectivity index (χ2n) is 26.9. The lowest BCUT2D eigenvalue weighted by molar-refractivity contribution is -0.170. The Morgan fingerprint density at radius 3 is 2.03 bits per heavy atom. The van der Waals surface area contributed by atoms with Gasteiger partial charge in [0.05, 0.1) is 30.5 Å². The van der Waals surface area contributed by atoms with Gasteiger partial charge in [0.25, 0.3) is 5.91 Å². The number of esters is 1. The van der Waals surface area contributed by atoms with Crippen molar-refractivity contribution in [2.45, 2.75) is 258 Å². The number of rotatable bonds is 9. The van der Waals surface area contributed by atoms with E-state index in [2.05, 4.69) is 80.7 Å². The minimum atomic E-state index is -2.53. The van der Waals surface area contributed by atoms with Gasteiger partial charge in [-0.1, -0.05) is 113 Å². The summed E-state index contributed by atoms with van der Waals surface area (Å²) in [6, 6.07) is -1.02. The summed E-state index contributed by atoms with van der Waals surface area (Å²) < 4.78 is 39.2. The molecule has 3 heterocycles. The van der Waals surface area contributed by atoms with E-state index in [1.54, 1.807) is 14.2 Å². The Bertz CT molecular complexity index is 2120. The van der Waals surface area contributed by atoms with Crippen molar-refractivity contribution in [1.82, 2.24) is 4.90 Å². The number of piperidine rings is 1. The van der Waals surface area contributed by atoms with Gasteiger partial charge < -0.3 is 37.8 Å². The standard InChI is InChI=1S/C62H105NO12Si2/c1-39-25-21-20-22-26-40(2)49(64)37-47-30-28-41(3)56(72-47)55(67)59(68)63-32-24-23-27-48(63)60(69)73-52(43(5)35-46-29-31-51(53(36-46)70-14)74-76(16,17)61(8,9)10)38-50(65)42(4)34-45(7)57(75-77(18,19)62(11,12)13)58(71-15)54(66)44(6)33-39/h20-22,25-26,34,39,41-44,46-49,51-53,56-58,64H,23-24,27-33,35-38H2,1-19H3/b22-20+,25-21+,40-26+,45-34+/t39-,41-,42-,43-,44-,46+,47+,48+,49+,51?,52+,53-,56?,57?,58+/m1/s1. The molecule has 1 aliphatic carbocycles. The summed E-state index contributed by atoms with van der Waals surface area (Å²) in [6.45, 7) is 35.8. The van der Waals surface area contributed by atoms with Crippen LogP contribution in [0.3, 0.4) is 0 Å². The zero-order chi connectivity index (χ0) is 58.0. The molecule has 15 heteroatoms. The largest absolute Gasteiger partial charge is 0.460 e. The first-order valence-corrected chi connectivity index (χ1v) is 35.1. The number of Topliss-reactive ketones (excluding diaryl/α,β-unsaturated/α-hetero) is 3. The van der Waals surface area contributed by atoms with Gasteiger partial charge in [0.15, 0.2) is 22.4 Å². The van der Waals surface area contributed by atoms with Crippen molar-refractivity contribution in [3.05, 3.63) is 47.6 Å². The van der Waals surface area contributed by atoms with Crippen molar-refractivity contribution >= 4 is 45.9 Å². The van der Waals surface area contributed by atoms with E-state index in [4.69, 9.17) is 27.8 Å². The molecule has 1 amide bonds. The molecular weight excluding hydrogens is 1010 g/mol. The molecule has 3 aliphatic heterocycles. The molecule has 1 saturated carbocycles. The number of hydrogen-bond acceptors (Lipinski definition) is 12. The minimum Gasteiger partial charge on any atom is -0.460 e. The van der Waals surface area contributed by atoms with Crippen LogP contribution in [0.4, 0.5) is 0 Å². The molecule has 3 fully saturated rings. The Morgan fingerprint density at radius 2 is 1.40 bits per heavy atom. The van der Waals surface area contributed by atoms with E-state index in [0.29, 0.717) is 50.5 Å². The van der Waals surface area contributed by atoms with E-state index in [9.17, 15) is 29.1 Å². The summed E-state index contributed by atoms with van der Waals surface area (Å²) in [5, 5.41) is 11.1. The molecule has 3 unspecified atom stereocenters. The molecule has 1 N–H and O–H groups in total. The summed E-state index contributed by atoms with van der Waals surface area (Å²) in [4.78, 5) is 74.2. The summed E-state index contributed by atoms with van der Waals surface area (Å²) in [5.41, 5.74) is 1.44. The number of hydrogen-bond donors (Lipinski definition) is 1. The maximum atomic E-state index is 14.8. The predicted octanol–water partition coefficient (Wildman–Crippen LogP) is 12.3. The number of ketones is 3. The highest BCUT2D eigenvalue weighted by atomic mass is 28.4. The molecule has 2 saturated heterocycles. The third kappa shape index (κ3) is 18.3. The number of cyclic esters (lactones) is 1. The minimum absolute atomic E-state index is 0.0274. The van der Waals surface area contributed by atoms with Gasteiger partial charge in [-0.15, -0.1) is 0 Å². The number of fused-ring (bicyclic) bond motifs is 3. The van der Waals surface area contributed by atoms with Gasteiger partial charge in [-0.25, -0.2) is 4.79 Å². The molecule has 4 aliphatic rings. The number of aliphatic hydroxyl groups is 1. The highest BCUT2D eigenvalue weighted by Gasteiger charge is 2.47. The van der Waals surface area contributed by atoms with Gasteiger partial charge in [-0.2, -0.15) is 0 Å². The average Bonchev–Trinajstić information content (AvgIpc) is 3.35. The van der Waals surface area contributed by atoms with Gasteiger partial charge in [-0.05, 0) is 149 Å². The summed E-state index contributed by atoms with van der Waals surface area (Å²) in [5.74, 6) is -3.59. The maximum absolute atomic E-state index is 14.8. The molecule has 0 spiro atoms. The van der Waals surface area contributed by atoms with Crippen LogP contribution in [0.5, 0.6) is 0 Å². The van der Waals surface area contributed by atoms with Crippen molar-refractivity contribution in [1.29, 1.82) is 0 Å². The van der Waals surface area contributed by atoms with Gasteiger partial charge in [0.2, 0.25) is 5.78 Å². The molecular formula is C62H105NO12Si2. The van der Waals surface area contributed by atoms with Crippen LogP contribution in [0.2, 0.25) is 36.3 Å². The first kappa shape index (κ1) is 66.6. The number of amides is 1. The normalized spacial score (nSPS) is 35.9. The van der Waals surface area contributed by atoms with Gasteiger partial charge in [0.1, 0.15) is 30.1 Å². The molecule has 0 aromatic carbocycles. The Balaban J connectivity index is 1.77. The smallest absolute Gasteiger partial charge is 0.329 e. The fourth-order valence-corrected chi connectivity index (χ4v) is 13.8. The third-order valence-electron chi connectivity index (χ3n) is 18.5. The van der Waals surface area contributed by atoms with Crippen LogP contribution in [-0.4, -0.2) is 132 Å². The van der Waals surface area contributed by atoms with E-state index in [0.717, 1.165) is 24.8 Å². The van der Waals surface area contributed by atoms with Gasteiger partial charge in [-0.3, -0.25) is 19.2 Å². The lowest BCUT2D eigenvalue weighted by atomic mass is 9.78. The van der Waals surface area contributed by atoms with E-state index >= 15 is 0 Å². The highest BCUT2D eigenvalue weighted by molar-refractivity contribution is 6.74. The molecule has 2 bridgehead atoms. The molecule has 0 aromatic rings. The topological polar surface area (TPSA) is 164 Å². The lowest BCUT2D eigenvalue weighted by Gasteiger charge is -2.44. The number of carbonyl (C=O) groups is 5. The average molecular weight is 1110 g/mol. The first-order valence-electron chi connectivity index (χ1n) is 29.3. The van der Waals surface area contributed by atoms with Crippen LogP contribution < -0.4 is 0 Å². The van der Waals surface area contributed by atoms with Crippen molar-refractivity contribution in [2.24, 2.45) is 35.5 Å². The Hall–Kier alpha value is -2.90. The number of methoxy groups -OCH3 is 2. The fourth-order valence-electron chi connectivity index (χ4n) is 11.1. The lowest BCUT2D eigenvalue weighted by Crippen LogP contribution is -2.55. The van der Waals surface area contributed by atoms with Crippen LogP contribution in [0.25, 0.3) is 0 Å². The van der Waals surface area contributed by atoms with Crippen molar-refractivity contribution in [2.75, 3.05) is 20.8 Å². The van der Waals surface area contributed by atoms with E-state index in [-0.39, 0.29) is 82.8 Å². The third-order valence-corrected chi connectivity index (χ3v) is 27.4. The van der Waals surface area contributed by atoms with Crippen LogP contribution >= 0.6 is 0 Å². The Morgan fingerprint density at radius 1 is 0.753 bits per heavy atom. The summed E-state index contributed by atoms with van der Waals surface area (Å²) in [7, 11) is -1.32. The first-order chi connectivity index (χ1) is 35.7. The molecule has 13 nitrogen and oxygen atoms in total. The Kier molecular flexibility index (Phi) is 24.8. The van der Waals surface area contributed by atoms with Crippen molar-refractivity contribution in [3.8, 4) is 0 Å². The zero-order valence-corrected chi connectivity index (χ0v) is 53.2.